The van der Waals surface area contributed by atoms with E-state index in [0.29, 0.717) is 24.3 Å². The highest BCUT2D eigenvalue weighted by Gasteiger charge is 2.30. The molecule has 8 heteroatoms. The lowest BCUT2D eigenvalue weighted by atomic mass is 9.98. The van der Waals surface area contributed by atoms with Crippen molar-refractivity contribution in [1.82, 2.24) is 14.9 Å². The van der Waals surface area contributed by atoms with Gasteiger partial charge >= 0.3 is 0 Å². The van der Waals surface area contributed by atoms with E-state index in [2.05, 4.69) is 9.80 Å². The van der Waals surface area contributed by atoms with Gasteiger partial charge in [0.15, 0.2) is 0 Å². The predicted molar refractivity (Wildman–Crippen MR) is 126 cm³/mol. The molecule has 0 saturated carbocycles. The van der Waals surface area contributed by atoms with Crippen LogP contribution in [0, 0.1) is 5.82 Å². The highest BCUT2D eigenvalue weighted by Crippen LogP contribution is 2.39. The molecule has 5 rings (SSSR count). The fraction of sp³-hybridized carbons (Fsp3) is 0.400. The Bertz CT molecular complexity index is 1180. The molecule has 1 unspecified atom stereocenters. The molecule has 3 aromatic rings. The average Bonchev–Trinajstić information content (AvgIpc) is 3.33. The van der Waals surface area contributed by atoms with Crippen LogP contribution in [-0.4, -0.2) is 67.7 Å². The summed E-state index contributed by atoms with van der Waals surface area (Å²) >= 11 is 0. The largest absolute Gasteiger partial charge is 0.378 e. The predicted octanol–water partition coefficient (Wildman–Crippen LogP) is 3.65. The number of ether oxygens (including phenoxy) is 1. The summed E-state index contributed by atoms with van der Waals surface area (Å²) in [5.41, 5.74) is 3.87. The molecule has 172 valence electrons. The first-order valence-corrected chi connectivity index (χ1v) is 11.4. The van der Waals surface area contributed by atoms with Gasteiger partial charge in [0.25, 0.3) is 5.91 Å². The number of hydrogen-bond donors (Lipinski definition) is 0. The number of fused-ring (bicyclic) bond motifs is 1. The Balaban J connectivity index is 1.64. The van der Waals surface area contributed by atoms with Crippen LogP contribution in [-0.2, 0) is 4.74 Å². The summed E-state index contributed by atoms with van der Waals surface area (Å²) in [6.45, 7) is 3.69. The number of aromatic nitrogens is 2. The van der Waals surface area contributed by atoms with Crippen molar-refractivity contribution in [3.8, 4) is 0 Å². The van der Waals surface area contributed by atoms with E-state index in [1.807, 2.05) is 18.2 Å². The van der Waals surface area contributed by atoms with Crippen LogP contribution in [0.5, 0.6) is 0 Å². The first-order chi connectivity index (χ1) is 16.0. The zero-order valence-electron chi connectivity index (χ0n) is 19.0. The maximum Gasteiger partial charge on any atom is 0.253 e. The maximum atomic E-state index is 14.0. The van der Waals surface area contributed by atoms with E-state index >= 15 is 0 Å². The van der Waals surface area contributed by atoms with Crippen molar-refractivity contribution in [1.29, 1.82) is 0 Å². The van der Waals surface area contributed by atoms with Crippen molar-refractivity contribution in [3.63, 3.8) is 0 Å². The van der Waals surface area contributed by atoms with Gasteiger partial charge in [0, 0.05) is 50.5 Å². The van der Waals surface area contributed by atoms with Crippen molar-refractivity contribution in [3.05, 3.63) is 59.5 Å². The molecule has 2 aromatic carbocycles. The zero-order chi connectivity index (χ0) is 22.9. The van der Waals surface area contributed by atoms with Gasteiger partial charge in [0.2, 0.25) is 0 Å². The summed E-state index contributed by atoms with van der Waals surface area (Å²) in [4.78, 5) is 28.5. The molecule has 0 spiro atoms. The van der Waals surface area contributed by atoms with Gasteiger partial charge in [-0.15, -0.1) is 0 Å². The minimum absolute atomic E-state index is 0.0153. The highest BCUT2D eigenvalue weighted by molar-refractivity contribution is 5.98. The van der Waals surface area contributed by atoms with Gasteiger partial charge in [-0.25, -0.2) is 9.37 Å². The Morgan fingerprint density at radius 1 is 1.15 bits per heavy atom. The molecular formula is C25H28FN5O2. The number of rotatable bonds is 4. The fourth-order valence-corrected chi connectivity index (χ4v) is 4.77. The van der Waals surface area contributed by atoms with E-state index in [9.17, 15) is 9.18 Å². The number of amides is 1. The highest BCUT2D eigenvalue weighted by atomic mass is 19.1. The van der Waals surface area contributed by atoms with Gasteiger partial charge in [-0.1, -0.05) is 6.07 Å². The van der Waals surface area contributed by atoms with Crippen LogP contribution >= 0.6 is 0 Å². The van der Waals surface area contributed by atoms with Crippen LogP contribution < -0.4 is 9.80 Å². The number of carbonyl (C=O) groups excluding carboxylic acids is 1. The molecule has 2 fully saturated rings. The third-order valence-electron chi connectivity index (χ3n) is 6.40. The number of halogens is 1. The molecule has 33 heavy (non-hydrogen) atoms. The minimum Gasteiger partial charge on any atom is -0.378 e. The summed E-state index contributed by atoms with van der Waals surface area (Å²) in [5.74, 6) is 0.482. The van der Waals surface area contributed by atoms with E-state index in [-0.39, 0.29) is 17.8 Å². The second kappa shape index (κ2) is 8.94. The van der Waals surface area contributed by atoms with Gasteiger partial charge < -0.3 is 19.4 Å². The molecule has 0 radical (unpaired) electrons. The Hall–Kier alpha value is -3.26. The van der Waals surface area contributed by atoms with Crippen molar-refractivity contribution in [2.45, 2.75) is 18.9 Å². The maximum absolute atomic E-state index is 14.0. The van der Waals surface area contributed by atoms with Crippen LogP contribution in [0.3, 0.4) is 0 Å². The topological polar surface area (TPSA) is 61.8 Å². The quantitative estimate of drug-likeness (QED) is 0.606. The molecule has 2 aliphatic heterocycles. The van der Waals surface area contributed by atoms with Gasteiger partial charge in [0.05, 0.1) is 36.5 Å². The van der Waals surface area contributed by atoms with Crippen LogP contribution in [0.4, 0.5) is 15.9 Å². The number of hydrogen-bond acceptors (Lipinski definition) is 6. The number of benzene rings is 2. The van der Waals surface area contributed by atoms with Gasteiger partial charge in [-0.3, -0.25) is 9.78 Å². The van der Waals surface area contributed by atoms with Crippen molar-refractivity contribution in [2.24, 2.45) is 0 Å². The third kappa shape index (κ3) is 4.23. The summed E-state index contributed by atoms with van der Waals surface area (Å²) in [6.07, 6.45) is 3.65. The average molecular weight is 450 g/mol. The van der Waals surface area contributed by atoms with Gasteiger partial charge in [0.1, 0.15) is 11.6 Å². The van der Waals surface area contributed by atoms with Gasteiger partial charge in [-0.2, -0.15) is 0 Å². The lowest BCUT2D eigenvalue weighted by molar-refractivity contribution is 0.0827. The lowest BCUT2D eigenvalue weighted by Crippen LogP contribution is -2.36. The van der Waals surface area contributed by atoms with Crippen LogP contribution in [0.15, 0.2) is 42.6 Å². The molecule has 1 aromatic heterocycles. The van der Waals surface area contributed by atoms with Crippen LogP contribution in [0.25, 0.3) is 11.0 Å². The molecule has 1 amide bonds. The monoisotopic (exact) mass is 449 g/mol. The van der Waals surface area contributed by atoms with E-state index in [1.165, 1.54) is 6.07 Å². The molecular weight excluding hydrogens is 421 g/mol. The zero-order valence-corrected chi connectivity index (χ0v) is 19.0. The Kier molecular flexibility index (Phi) is 5.85. The molecule has 2 saturated heterocycles. The third-order valence-corrected chi connectivity index (χ3v) is 6.40. The van der Waals surface area contributed by atoms with E-state index in [1.54, 1.807) is 37.3 Å². The minimum atomic E-state index is -0.256. The number of anilines is 2. The number of carbonyl (C=O) groups is 1. The molecule has 0 aliphatic carbocycles. The second-order valence-electron chi connectivity index (χ2n) is 8.79. The molecule has 1 atom stereocenters. The second-order valence-corrected chi connectivity index (χ2v) is 8.79. The Morgan fingerprint density at radius 3 is 2.73 bits per heavy atom. The van der Waals surface area contributed by atoms with E-state index in [0.717, 1.165) is 55.1 Å². The number of morpholine rings is 1. The summed E-state index contributed by atoms with van der Waals surface area (Å²) in [6, 6.07) is 10.5. The van der Waals surface area contributed by atoms with Crippen molar-refractivity contribution < 1.29 is 13.9 Å². The first kappa shape index (κ1) is 21.6. The first-order valence-electron chi connectivity index (χ1n) is 11.4. The summed E-state index contributed by atoms with van der Waals surface area (Å²) in [7, 11) is 3.49. The van der Waals surface area contributed by atoms with E-state index in [4.69, 9.17) is 14.7 Å². The van der Waals surface area contributed by atoms with Crippen LogP contribution in [0.1, 0.15) is 34.8 Å². The van der Waals surface area contributed by atoms with E-state index < -0.39 is 0 Å². The lowest BCUT2D eigenvalue weighted by Gasteiger charge is -2.30. The van der Waals surface area contributed by atoms with Crippen LogP contribution in [0.2, 0.25) is 0 Å². The SMILES string of the molecule is CN(C)C(=O)c1cc(C2CCCN2c2cccc(F)c2)c2nc(N3CCOCC3)cnc2c1. The molecule has 0 bridgehead atoms. The molecule has 2 aliphatic rings. The standard InChI is InChI=1S/C25H28FN5O2/c1-29(2)25(32)17-13-20(22-7-4-8-31(22)19-6-3-5-18(26)15-19)24-21(14-17)27-16-23(28-24)30-9-11-33-12-10-30/h3,5-6,13-16,22H,4,7-12H2,1-2H3. The molecule has 7 nitrogen and oxygen atoms in total. The normalized spacial score (nSPS) is 18.7. The Morgan fingerprint density at radius 2 is 1.97 bits per heavy atom. The van der Waals surface area contributed by atoms with Gasteiger partial charge in [-0.05, 0) is 43.2 Å². The smallest absolute Gasteiger partial charge is 0.253 e. The number of nitrogens with zero attached hydrogens (tertiary/aromatic N) is 5. The summed E-state index contributed by atoms with van der Waals surface area (Å²) in [5, 5.41) is 0. The fourth-order valence-electron chi connectivity index (χ4n) is 4.77. The molecule has 3 heterocycles. The Labute approximate surface area is 192 Å². The van der Waals surface area contributed by atoms with Crippen molar-refractivity contribution in [2.75, 3.05) is 56.7 Å². The van der Waals surface area contributed by atoms with Crippen molar-refractivity contribution >= 4 is 28.4 Å². The summed E-state index contributed by atoms with van der Waals surface area (Å²) < 4.78 is 19.5. The molecule has 0 N–H and O–H groups in total.